The van der Waals surface area contributed by atoms with E-state index in [0.29, 0.717) is 11.3 Å². The van der Waals surface area contributed by atoms with E-state index in [1.54, 1.807) is 30.3 Å². The maximum absolute atomic E-state index is 12.1. The molecule has 3 rings (SSSR count). The van der Waals surface area contributed by atoms with Gasteiger partial charge in [-0.2, -0.15) is 8.78 Å². The SMILES string of the molecule is CN1C=CC=CC1=C1N=C(c2ccc(OC(F)F)cc2)OC1=O. The third-order valence-electron chi connectivity index (χ3n) is 3.22. The van der Waals surface area contributed by atoms with Gasteiger partial charge in [0.1, 0.15) is 5.75 Å². The van der Waals surface area contributed by atoms with Gasteiger partial charge in [-0.05, 0) is 36.4 Å². The van der Waals surface area contributed by atoms with Crippen molar-refractivity contribution in [3.05, 3.63) is 65.7 Å². The fourth-order valence-electron chi connectivity index (χ4n) is 2.14. The number of aliphatic imine (C=N–C) groups is 1. The van der Waals surface area contributed by atoms with Crippen LogP contribution in [0.5, 0.6) is 5.75 Å². The third kappa shape index (κ3) is 3.13. The molecule has 2 aliphatic rings. The molecule has 0 N–H and O–H groups in total. The lowest BCUT2D eigenvalue weighted by Gasteiger charge is -2.17. The first-order valence-electron chi connectivity index (χ1n) is 6.72. The Morgan fingerprint density at radius 2 is 1.96 bits per heavy atom. The molecule has 2 aliphatic heterocycles. The number of halogens is 2. The highest BCUT2D eigenvalue weighted by Gasteiger charge is 2.28. The zero-order valence-electron chi connectivity index (χ0n) is 12.1. The first kappa shape index (κ1) is 15.0. The quantitative estimate of drug-likeness (QED) is 0.635. The fourth-order valence-corrected chi connectivity index (χ4v) is 2.14. The van der Waals surface area contributed by atoms with Crippen LogP contribution in [-0.2, 0) is 9.53 Å². The summed E-state index contributed by atoms with van der Waals surface area (Å²) in [6.45, 7) is -2.89. The Labute approximate surface area is 130 Å². The number of nitrogens with zero attached hydrogens (tertiary/aromatic N) is 2. The molecule has 2 heterocycles. The lowest BCUT2D eigenvalue weighted by atomic mass is 10.2. The van der Waals surface area contributed by atoms with E-state index >= 15 is 0 Å². The molecule has 0 atom stereocenters. The lowest BCUT2D eigenvalue weighted by molar-refractivity contribution is -0.130. The highest BCUT2D eigenvalue weighted by molar-refractivity contribution is 6.11. The molecule has 118 valence electrons. The van der Waals surface area contributed by atoms with Gasteiger partial charge in [0.15, 0.2) is 5.70 Å². The molecular weight excluding hydrogens is 306 g/mol. The monoisotopic (exact) mass is 318 g/mol. The molecule has 0 radical (unpaired) electrons. The molecule has 0 aromatic heterocycles. The Morgan fingerprint density at radius 3 is 2.61 bits per heavy atom. The van der Waals surface area contributed by atoms with Gasteiger partial charge in [0.2, 0.25) is 5.90 Å². The van der Waals surface area contributed by atoms with E-state index in [1.165, 1.54) is 24.3 Å². The van der Waals surface area contributed by atoms with Crippen molar-refractivity contribution in [2.75, 3.05) is 7.05 Å². The second-order valence-corrected chi connectivity index (χ2v) is 4.75. The van der Waals surface area contributed by atoms with Crippen molar-refractivity contribution >= 4 is 11.9 Å². The molecule has 7 heteroatoms. The fraction of sp³-hybridized carbons (Fsp3) is 0.125. The minimum absolute atomic E-state index is 0.0207. The van der Waals surface area contributed by atoms with Crippen LogP contribution in [0.2, 0.25) is 0 Å². The number of allylic oxidation sites excluding steroid dienone is 3. The van der Waals surface area contributed by atoms with Crippen LogP contribution in [0, 0.1) is 0 Å². The number of cyclic esters (lactones) is 1. The van der Waals surface area contributed by atoms with Crippen molar-refractivity contribution in [3.63, 3.8) is 0 Å². The van der Waals surface area contributed by atoms with Gasteiger partial charge >= 0.3 is 12.6 Å². The average molecular weight is 318 g/mol. The molecule has 1 aromatic rings. The number of carbonyl (C=O) groups is 1. The van der Waals surface area contributed by atoms with Crippen molar-refractivity contribution in [1.29, 1.82) is 0 Å². The molecule has 0 bridgehead atoms. The Kier molecular flexibility index (Phi) is 3.92. The number of hydrogen-bond acceptors (Lipinski definition) is 5. The van der Waals surface area contributed by atoms with Crippen LogP contribution in [0.1, 0.15) is 5.56 Å². The lowest BCUT2D eigenvalue weighted by Crippen LogP contribution is -2.15. The number of likely N-dealkylation sites (N-methyl/N-ethyl adjacent to an activating group) is 1. The highest BCUT2D eigenvalue weighted by atomic mass is 19.3. The van der Waals surface area contributed by atoms with Gasteiger partial charge in [0, 0.05) is 18.8 Å². The average Bonchev–Trinajstić information content (AvgIpc) is 2.90. The Balaban J connectivity index is 1.88. The largest absolute Gasteiger partial charge is 0.435 e. The maximum Gasteiger partial charge on any atom is 0.387 e. The summed E-state index contributed by atoms with van der Waals surface area (Å²) in [6.07, 6.45) is 7.17. The van der Waals surface area contributed by atoms with Gasteiger partial charge in [-0.25, -0.2) is 9.79 Å². The molecule has 0 saturated carbocycles. The summed E-state index contributed by atoms with van der Waals surface area (Å²) >= 11 is 0. The normalized spacial score (nSPS) is 20.1. The Morgan fingerprint density at radius 1 is 1.22 bits per heavy atom. The van der Waals surface area contributed by atoms with E-state index in [-0.39, 0.29) is 17.3 Å². The van der Waals surface area contributed by atoms with Crippen LogP contribution < -0.4 is 4.74 Å². The van der Waals surface area contributed by atoms with E-state index < -0.39 is 12.6 Å². The van der Waals surface area contributed by atoms with Crippen molar-refractivity contribution in [3.8, 4) is 5.75 Å². The first-order valence-corrected chi connectivity index (χ1v) is 6.72. The third-order valence-corrected chi connectivity index (χ3v) is 3.22. The summed E-state index contributed by atoms with van der Waals surface area (Å²) in [6, 6.07) is 5.71. The number of carbonyl (C=O) groups excluding carboxylic acids is 1. The molecule has 0 unspecified atom stereocenters. The van der Waals surface area contributed by atoms with Crippen molar-refractivity contribution < 1.29 is 23.0 Å². The molecule has 0 saturated heterocycles. The minimum atomic E-state index is -2.89. The van der Waals surface area contributed by atoms with Crippen molar-refractivity contribution in [2.24, 2.45) is 4.99 Å². The van der Waals surface area contributed by atoms with E-state index in [1.807, 2.05) is 6.08 Å². The Bertz CT molecular complexity index is 749. The second kappa shape index (κ2) is 6.04. The molecular formula is C16H12F2N2O3. The van der Waals surface area contributed by atoms with Crippen molar-refractivity contribution in [2.45, 2.75) is 6.61 Å². The smallest absolute Gasteiger partial charge is 0.387 e. The van der Waals surface area contributed by atoms with Gasteiger partial charge in [0.05, 0.1) is 5.70 Å². The standard InChI is InChI=1S/C16H12F2N2O3/c1-20-9-3-2-4-12(20)13-15(21)23-14(19-13)10-5-7-11(8-6-10)22-16(17)18/h2-9,16H,1H3. The minimum Gasteiger partial charge on any atom is -0.435 e. The zero-order chi connectivity index (χ0) is 16.4. The number of benzene rings is 1. The molecule has 23 heavy (non-hydrogen) atoms. The highest BCUT2D eigenvalue weighted by Crippen LogP contribution is 2.24. The predicted octanol–water partition coefficient (Wildman–Crippen LogP) is 2.82. The summed E-state index contributed by atoms with van der Waals surface area (Å²) in [7, 11) is 1.79. The molecule has 0 spiro atoms. The van der Waals surface area contributed by atoms with Crippen LogP contribution in [0.3, 0.4) is 0 Å². The van der Waals surface area contributed by atoms with E-state index in [0.717, 1.165) is 0 Å². The number of rotatable bonds is 3. The molecule has 5 nitrogen and oxygen atoms in total. The zero-order valence-corrected chi connectivity index (χ0v) is 12.1. The molecule has 0 fully saturated rings. The molecule has 0 amide bonds. The summed E-state index contributed by atoms with van der Waals surface area (Å²) in [5.41, 5.74) is 1.30. The molecule has 1 aromatic carbocycles. The summed E-state index contributed by atoms with van der Waals surface area (Å²) in [4.78, 5) is 18.0. The summed E-state index contributed by atoms with van der Waals surface area (Å²) in [5, 5.41) is 0. The number of hydrogen-bond donors (Lipinski definition) is 0. The van der Waals surface area contributed by atoms with Gasteiger partial charge in [-0.1, -0.05) is 6.08 Å². The maximum atomic E-state index is 12.1. The van der Waals surface area contributed by atoms with Crippen LogP contribution in [-0.4, -0.2) is 30.4 Å². The van der Waals surface area contributed by atoms with Gasteiger partial charge < -0.3 is 14.4 Å². The number of esters is 1. The predicted molar refractivity (Wildman–Crippen MR) is 78.8 cm³/mol. The van der Waals surface area contributed by atoms with Gasteiger partial charge in [-0.15, -0.1) is 0 Å². The van der Waals surface area contributed by atoms with E-state index in [9.17, 15) is 13.6 Å². The number of alkyl halides is 2. The van der Waals surface area contributed by atoms with Crippen LogP contribution in [0.15, 0.2) is 65.1 Å². The van der Waals surface area contributed by atoms with E-state index in [2.05, 4.69) is 9.73 Å². The summed E-state index contributed by atoms with van der Waals surface area (Å²) in [5.74, 6) is -0.417. The Hall–Kier alpha value is -2.96. The molecule has 0 aliphatic carbocycles. The van der Waals surface area contributed by atoms with Crippen LogP contribution in [0.25, 0.3) is 0 Å². The van der Waals surface area contributed by atoms with Gasteiger partial charge in [0.25, 0.3) is 0 Å². The van der Waals surface area contributed by atoms with Crippen LogP contribution >= 0.6 is 0 Å². The second-order valence-electron chi connectivity index (χ2n) is 4.75. The topological polar surface area (TPSA) is 51.1 Å². The van der Waals surface area contributed by atoms with Gasteiger partial charge in [-0.3, -0.25) is 0 Å². The summed E-state index contributed by atoms with van der Waals surface area (Å²) < 4.78 is 33.7. The van der Waals surface area contributed by atoms with Crippen molar-refractivity contribution in [1.82, 2.24) is 4.90 Å². The van der Waals surface area contributed by atoms with Crippen LogP contribution in [0.4, 0.5) is 8.78 Å². The first-order chi connectivity index (χ1) is 11.0. The van der Waals surface area contributed by atoms with E-state index in [4.69, 9.17) is 4.74 Å². The number of ether oxygens (including phenoxy) is 2.